The van der Waals surface area contributed by atoms with Crippen LogP contribution >= 0.6 is 47.8 Å². The maximum absolute atomic E-state index is 12.1. The van der Waals surface area contributed by atoms with Crippen LogP contribution in [0.3, 0.4) is 0 Å². The van der Waals surface area contributed by atoms with Gasteiger partial charge in [-0.05, 0) is 101 Å². The minimum atomic E-state index is -0.845. The third kappa shape index (κ3) is 11.0. The summed E-state index contributed by atoms with van der Waals surface area (Å²) in [6, 6.07) is 16.0. The number of esters is 1. The Morgan fingerprint density at radius 1 is 0.585 bits per heavy atom. The standard InChI is InChI=1S/C29H27Br3O9/c1-18(33)40-26-7-4-20(16-23(26)31)11-14-39-29(35)41-27-8-5-21(17-24(27)32)10-13-38-28(34)37-12-9-19-3-6-25(36-2)22(30)15-19/h3-8,15-17H,9-14H2,1-2H3. The Bertz CT molecular complexity index is 1380. The van der Waals surface area contributed by atoms with Gasteiger partial charge >= 0.3 is 18.3 Å². The molecule has 0 heterocycles. The summed E-state index contributed by atoms with van der Waals surface area (Å²) in [5.41, 5.74) is 2.72. The number of benzene rings is 3. The number of hydrogen-bond donors (Lipinski definition) is 0. The lowest BCUT2D eigenvalue weighted by atomic mass is 10.1. The van der Waals surface area contributed by atoms with Crippen LogP contribution in [0.25, 0.3) is 0 Å². The van der Waals surface area contributed by atoms with Gasteiger partial charge in [-0.1, -0.05) is 18.2 Å². The Morgan fingerprint density at radius 2 is 0.976 bits per heavy atom. The quantitative estimate of drug-likeness (QED) is 0.105. The van der Waals surface area contributed by atoms with Gasteiger partial charge < -0.3 is 28.4 Å². The number of carbonyl (C=O) groups excluding carboxylic acids is 3. The first-order valence-electron chi connectivity index (χ1n) is 12.4. The Morgan fingerprint density at radius 3 is 1.37 bits per heavy atom. The van der Waals surface area contributed by atoms with E-state index >= 15 is 0 Å². The average molecular weight is 759 g/mol. The maximum Gasteiger partial charge on any atom is 0.513 e. The number of rotatable bonds is 12. The van der Waals surface area contributed by atoms with Crippen molar-refractivity contribution in [3.63, 3.8) is 0 Å². The van der Waals surface area contributed by atoms with Gasteiger partial charge in [-0.25, -0.2) is 9.59 Å². The third-order valence-electron chi connectivity index (χ3n) is 5.49. The predicted octanol–water partition coefficient (Wildman–Crippen LogP) is 7.60. The van der Waals surface area contributed by atoms with Gasteiger partial charge in [-0.2, -0.15) is 0 Å². The Labute approximate surface area is 262 Å². The monoisotopic (exact) mass is 756 g/mol. The predicted molar refractivity (Wildman–Crippen MR) is 161 cm³/mol. The molecule has 0 N–H and O–H groups in total. The van der Waals surface area contributed by atoms with Crippen molar-refractivity contribution in [3.8, 4) is 17.2 Å². The summed E-state index contributed by atoms with van der Waals surface area (Å²) in [6.45, 7) is 1.73. The van der Waals surface area contributed by atoms with Crippen LogP contribution < -0.4 is 14.2 Å². The highest BCUT2D eigenvalue weighted by atomic mass is 79.9. The normalized spacial score (nSPS) is 10.5. The van der Waals surface area contributed by atoms with Crippen LogP contribution in [0, 0.1) is 0 Å². The van der Waals surface area contributed by atoms with Crippen LogP contribution in [0.1, 0.15) is 23.6 Å². The topological polar surface area (TPSA) is 107 Å². The molecular weight excluding hydrogens is 732 g/mol. The Hall–Kier alpha value is -3.09. The van der Waals surface area contributed by atoms with Crippen LogP contribution in [-0.2, 0) is 38.3 Å². The molecule has 0 unspecified atom stereocenters. The first kappa shape index (κ1) is 32.4. The molecule has 9 nitrogen and oxygen atoms in total. The van der Waals surface area contributed by atoms with Crippen molar-refractivity contribution in [2.75, 3.05) is 26.9 Å². The summed E-state index contributed by atoms with van der Waals surface area (Å²) in [5, 5.41) is 0. The zero-order valence-electron chi connectivity index (χ0n) is 22.2. The highest BCUT2D eigenvalue weighted by Gasteiger charge is 2.12. The molecule has 0 bridgehead atoms. The molecule has 3 aromatic rings. The van der Waals surface area contributed by atoms with Crippen LogP contribution in [0.4, 0.5) is 9.59 Å². The zero-order chi connectivity index (χ0) is 29.8. The van der Waals surface area contributed by atoms with Gasteiger partial charge in [-0.15, -0.1) is 0 Å². The number of ether oxygens (including phenoxy) is 6. The van der Waals surface area contributed by atoms with Gasteiger partial charge in [-0.3, -0.25) is 4.79 Å². The van der Waals surface area contributed by atoms with Gasteiger partial charge in [0, 0.05) is 26.2 Å². The SMILES string of the molecule is COc1ccc(CCOC(=O)OCCc2ccc(OC(=O)OCCc3ccc(OC(C)=O)c(Br)c3)c(Br)c2)cc1Br. The maximum atomic E-state index is 12.1. The van der Waals surface area contributed by atoms with E-state index in [1.165, 1.54) is 6.92 Å². The summed E-state index contributed by atoms with van der Waals surface area (Å²) < 4.78 is 33.0. The molecule has 0 aliphatic carbocycles. The molecule has 0 fully saturated rings. The van der Waals surface area contributed by atoms with Crippen molar-refractivity contribution in [2.24, 2.45) is 0 Å². The fourth-order valence-electron chi connectivity index (χ4n) is 3.50. The van der Waals surface area contributed by atoms with Crippen LogP contribution in [-0.4, -0.2) is 45.2 Å². The van der Waals surface area contributed by atoms with Crippen molar-refractivity contribution in [1.29, 1.82) is 0 Å². The van der Waals surface area contributed by atoms with E-state index in [1.54, 1.807) is 43.5 Å². The van der Waals surface area contributed by atoms with E-state index in [2.05, 4.69) is 47.8 Å². The summed E-state index contributed by atoms with van der Waals surface area (Å²) in [7, 11) is 1.59. The van der Waals surface area contributed by atoms with Gasteiger partial charge in [0.15, 0.2) is 0 Å². The number of hydrogen-bond acceptors (Lipinski definition) is 9. The molecule has 12 heteroatoms. The second-order valence-corrected chi connectivity index (χ2v) is 11.1. The van der Waals surface area contributed by atoms with E-state index in [0.717, 1.165) is 26.9 Å². The van der Waals surface area contributed by atoms with E-state index < -0.39 is 18.3 Å². The smallest absolute Gasteiger partial charge is 0.496 e. The molecule has 3 rings (SSSR count). The van der Waals surface area contributed by atoms with Crippen LogP contribution in [0.5, 0.6) is 17.2 Å². The van der Waals surface area contributed by atoms with Crippen molar-refractivity contribution >= 4 is 66.1 Å². The fourth-order valence-corrected chi connectivity index (χ4v) is 5.11. The first-order chi connectivity index (χ1) is 19.6. The molecule has 41 heavy (non-hydrogen) atoms. The van der Waals surface area contributed by atoms with Crippen LogP contribution in [0.2, 0.25) is 0 Å². The van der Waals surface area contributed by atoms with Gasteiger partial charge in [0.2, 0.25) is 0 Å². The molecule has 0 aliphatic heterocycles. The second kappa shape index (κ2) is 16.4. The minimum Gasteiger partial charge on any atom is -0.496 e. The molecule has 0 radical (unpaired) electrons. The molecule has 3 aromatic carbocycles. The van der Waals surface area contributed by atoms with E-state index in [-0.39, 0.29) is 25.6 Å². The largest absolute Gasteiger partial charge is 0.513 e. The lowest BCUT2D eigenvalue weighted by Crippen LogP contribution is -2.13. The molecule has 0 saturated carbocycles. The van der Waals surface area contributed by atoms with Crippen LogP contribution in [0.15, 0.2) is 68.0 Å². The van der Waals surface area contributed by atoms with Crippen molar-refractivity contribution in [1.82, 2.24) is 0 Å². The second-order valence-electron chi connectivity index (χ2n) is 8.49. The average Bonchev–Trinajstić information content (AvgIpc) is 2.91. The molecule has 218 valence electrons. The number of carbonyl (C=O) groups is 3. The molecule has 0 atom stereocenters. The highest BCUT2D eigenvalue weighted by molar-refractivity contribution is 9.11. The molecule has 0 spiro atoms. The lowest BCUT2D eigenvalue weighted by Gasteiger charge is -2.10. The number of methoxy groups -OCH3 is 1. The van der Waals surface area contributed by atoms with Crippen molar-refractivity contribution < 1.29 is 42.8 Å². The van der Waals surface area contributed by atoms with E-state index in [1.807, 2.05) is 18.2 Å². The molecular formula is C29H27Br3O9. The minimum absolute atomic E-state index is 0.0962. The Kier molecular flexibility index (Phi) is 13.0. The first-order valence-corrected chi connectivity index (χ1v) is 14.7. The number of halogens is 3. The van der Waals surface area contributed by atoms with Gasteiger partial charge in [0.25, 0.3) is 0 Å². The van der Waals surface area contributed by atoms with Crippen molar-refractivity contribution in [2.45, 2.75) is 26.2 Å². The molecule has 0 saturated heterocycles. The lowest BCUT2D eigenvalue weighted by molar-refractivity contribution is -0.131. The van der Waals surface area contributed by atoms with E-state index in [9.17, 15) is 14.4 Å². The van der Waals surface area contributed by atoms with E-state index in [0.29, 0.717) is 34.0 Å². The molecule has 0 aliphatic rings. The summed E-state index contributed by atoms with van der Waals surface area (Å²) >= 11 is 10.2. The third-order valence-corrected chi connectivity index (χ3v) is 7.35. The summed E-state index contributed by atoms with van der Waals surface area (Å²) in [6.07, 6.45) is -0.170. The van der Waals surface area contributed by atoms with Gasteiger partial charge in [0.1, 0.15) is 17.2 Å². The summed E-state index contributed by atoms with van der Waals surface area (Å²) in [4.78, 5) is 35.2. The zero-order valence-corrected chi connectivity index (χ0v) is 27.0. The highest BCUT2D eigenvalue weighted by Crippen LogP contribution is 2.28. The molecule has 0 aromatic heterocycles. The Balaban J connectivity index is 1.35. The molecule has 0 amide bonds. The van der Waals surface area contributed by atoms with Gasteiger partial charge in [0.05, 0.1) is 40.3 Å². The fraction of sp³-hybridized carbons (Fsp3) is 0.276. The summed E-state index contributed by atoms with van der Waals surface area (Å²) in [5.74, 6) is 1.02. The van der Waals surface area contributed by atoms with Crippen molar-refractivity contribution in [3.05, 3.63) is 84.7 Å². The van der Waals surface area contributed by atoms with E-state index in [4.69, 9.17) is 28.4 Å².